The van der Waals surface area contributed by atoms with Crippen LogP contribution < -0.4 is 0 Å². The normalized spacial score (nSPS) is 17.4. The Bertz CT molecular complexity index is 543. The summed E-state index contributed by atoms with van der Waals surface area (Å²) in [5.74, 6) is 0. The molecule has 3 nitrogen and oxygen atoms in total. The third-order valence-corrected chi connectivity index (χ3v) is 4.77. The molecular formula is C13H12BrNO2S. The van der Waals surface area contributed by atoms with Crippen molar-refractivity contribution in [3.05, 3.63) is 39.1 Å². The van der Waals surface area contributed by atoms with Crippen molar-refractivity contribution in [3.63, 3.8) is 0 Å². The second kappa shape index (κ2) is 4.74. The monoisotopic (exact) mass is 325 g/mol. The highest BCUT2D eigenvalue weighted by Crippen LogP contribution is 2.36. The third-order valence-electron chi connectivity index (χ3n) is 3.16. The average Bonchev–Trinajstić information content (AvgIpc) is 2.79. The molecular weight excluding hydrogens is 314 g/mol. The summed E-state index contributed by atoms with van der Waals surface area (Å²) in [5.41, 5.74) is 1.79. The molecule has 0 spiro atoms. The molecule has 0 unspecified atom stereocenters. The molecule has 1 aromatic carbocycles. The molecule has 0 saturated carbocycles. The van der Waals surface area contributed by atoms with Crippen LogP contribution >= 0.6 is 27.3 Å². The van der Waals surface area contributed by atoms with Gasteiger partial charge in [-0.2, -0.15) is 0 Å². The van der Waals surface area contributed by atoms with Gasteiger partial charge in [0, 0.05) is 15.4 Å². The number of aromatic nitrogens is 1. The molecule has 18 heavy (non-hydrogen) atoms. The van der Waals surface area contributed by atoms with Crippen LogP contribution in [0.25, 0.3) is 11.3 Å². The SMILES string of the molecule is OCC1(c2nc(-c3ccc(Br)cc3)cs2)COC1. The van der Waals surface area contributed by atoms with Crippen LogP contribution in [0, 0.1) is 0 Å². The van der Waals surface area contributed by atoms with Gasteiger partial charge in [-0.25, -0.2) is 4.98 Å². The highest BCUT2D eigenvalue weighted by atomic mass is 79.9. The summed E-state index contributed by atoms with van der Waals surface area (Å²) in [7, 11) is 0. The molecule has 1 fully saturated rings. The summed E-state index contributed by atoms with van der Waals surface area (Å²) in [4.78, 5) is 4.64. The van der Waals surface area contributed by atoms with Crippen LogP contribution in [0.1, 0.15) is 5.01 Å². The maximum Gasteiger partial charge on any atom is 0.106 e. The van der Waals surface area contributed by atoms with Gasteiger partial charge in [0.25, 0.3) is 0 Å². The summed E-state index contributed by atoms with van der Waals surface area (Å²) >= 11 is 5.01. The molecule has 0 atom stereocenters. The van der Waals surface area contributed by atoms with Crippen LogP contribution in [0.4, 0.5) is 0 Å². The van der Waals surface area contributed by atoms with Crippen molar-refractivity contribution >= 4 is 27.3 Å². The molecule has 1 N–H and O–H groups in total. The Morgan fingerprint density at radius 1 is 1.33 bits per heavy atom. The van der Waals surface area contributed by atoms with E-state index in [9.17, 15) is 5.11 Å². The second-order valence-electron chi connectivity index (χ2n) is 4.48. The molecule has 2 aromatic rings. The zero-order valence-corrected chi connectivity index (χ0v) is 12.0. The minimum Gasteiger partial charge on any atom is -0.395 e. The van der Waals surface area contributed by atoms with Crippen molar-refractivity contribution in [2.24, 2.45) is 0 Å². The molecule has 5 heteroatoms. The van der Waals surface area contributed by atoms with Crippen LogP contribution in [-0.4, -0.2) is 29.9 Å². The summed E-state index contributed by atoms with van der Waals surface area (Å²) in [6.45, 7) is 1.23. The van der Waals surface area contributed by atoms with Crippen LogP contribution in [-0.2, 0) is 10.2 Å². The fourth-order valence-corrected chi connectivity index (χ4v) is 3.16. The largest absolute Gasteiger partial charge is 0.395 e. The molecule has 94 valence electrons. The first-order valence-corrected chi connectivity index (χ1v) is 7.31. The minimum atomic E-state index is -0.266. The topological polar surface area (TPSA) is 42.4 Å². The first-order chi connectivity index (χ1) is 8.73. The van der Waals surface area contributed by atoms with Crippen molar-refractivity contribution in [3.8, 4) is 11.3 Å². The van der Waals surface area contributed by atoms with E-state index in [1.807, 2.05) is 29.6 Å². The Kier molecular flexibility index (Phi) is 3.23. The summed E-state index contributed by atoms with van der Waals surface area (Å²) in [6, 6.07) is 8.07. The number of benzene rings is 1. The van der Waals surface area contributed by atoms with E-state index in [-0.39, 0.29) is 12.0 Å². The highest BCUT2D eigenvalue weighted by molar-refractivity contribution is 9.10. The molecule has 0 radical (unpaired) electrons. The van der Waals surface area contributed by atoms with Gasteiger partial charge in [0.15, 0.2) is 0 Å². The first kappa shape index (κ1) is 12.3. The number of thiazole rings is 1. The van der Waals surface area contributed by atoms with Gasteiger partial charge in [-0.3, -0.25) is 0 Å². The fourth-order valence-electron chi connectivity index (χ4n) is 1.90. The van der Waals surface area contributed by atoms with Gasteiger partial charge in [0.2, 0.25) is 0 Å². The van der Waals surface area contributed by atoms with Gasteiger partial charge in [-0.1, -0.05) is 28.1 Å². The van der Waals surface area contributed by atoms with Crippen molar-refractivity contribution in [2.45, 2.75) is 5.41 Å². The maximum atomic E-state index is 9.49. The molecule has 1 aromatic heterocycles. The van der Waals surface area contributed by atoms with E-state index in [2.05, 4.69) is 20.9 Å². The van der Waals surface area contributed by atoms with Gasteiger partial charge in [0.1, 0.15) is 5.01 Å². The molecule has 2 heterocycles. The average molecular weight is 326 g/mol. The number of nitrogens with zero attached hydrogens (tertiary/aromatic N) is 1. The number of halogens is 1. The lowest BCUT2D eigenvalue weighted by atomic mass is 9.88. The quantitative estimate of drug-likeness (QED) is 0.943. The second-order valence-corrected chi connectivity index (χ2v) is 6.25. The number of rotatable bonds is 3. The number of hydrogen-bond acceptors (Lipinski definition) is 4. The molecule has 1 saturated heterocycles. The Balaban J connectivity index is 1.91. The molecule has 1 aliphatic heterocycles. The molecule has 3 rings (SSSR count). The predicted octanol–water partition coefficient (Wildman–Crippen LogP) is 2.83. The minimum absolute atomic E-state index is 0.0975. The molecule has 0 bridgehead atoms. The van der Waals surface area contributed by atoms with Gasteiger partial charge in [0.05, 0.1) is 30.9 Å². The van der Waals surface area contributed by atoms with Crippen molar-refractivity contribution in [2.75, 3.05) is 19.8 Å². The maximum absolute atomic E-state index is 9.49. The van der Waals surface area contributed by atoms with Crippen molar-refractivity contribution in [1.29, 1.82) is 0 Å². The van der Waals surface area contributed by atoms with Crippen LogP contribution in [0.15, 0.2) is 34.1 Å². The Labute approximate surface area is 118 Å². The van der Waals surface area contributed by atoms with E-state index in [1.54, 1.807) is 11.3 Å². The first-order valence-electron chi connectivity index (χ1n) is 5.64. The van der Waals surface area contributed by atoms with Gasteiger partial charge < -0.3 is 9.84 Å². The Morgan fingerprint density at radius 2 is 2.06 bits per heavy atom. The van der Waals surface area contributed by atoms with Gasteiger partial charge >= 0.3 is 0 Å². The molecule has 0 aliphatic carbocycles. The van der Waals surface area contributed by atoms with Crippen molar-refractivity contribution in [1.82, 2.24) is 4.98 Å². The van der Waals surface area contributed by atoms with E-state index >= 15 is 0 Å². The van der Waals surface area contributed by atoms with Gasteiger partial charge in [-0.15, -0.1) is 11.3 Å². The number of ether oxygens (including phenoxy) is 1. The Morgan fingerprint density at radius 3 is 2.61 bits per heavy atom. The highest BCUT2D eigenvalue weighted by Gasteiger charge is 2.42. The van der Waals surface area contributed by atoms with E-state index in [0.717, 1.165) is 20.7 Å². The lowest BCUT2D eigenvalue weighted by molar-refractivity contribution is -0.0841. The molecule has 0 amide bonds. The summed E-state index contributed by atoms with van der Waals surface area (Å²) in [5, 5.41) is 12.5. The van der Waals surface area contributed by atoms with E-state index < -0.39 is 0 Å². The summed E-state index contributed by atoms with van der Waals surface area (Å²) in [6.07, 6.45) is 0. The predicted molar refractivity (Wildman–Crippen MR) is 74.8 cm³/mol. The number of aliphatic hydroxyl groups excluding tert-OH is 1. The standard InChI is InChI=1S/C13H12BrNO2S/c14-10-3-1-9(2-4-10)11-5-18-12(15-11)13(6-16)7-17-8-13/h1-5,16H,6-8H2. The van der Waals surface area contributed by atoms with E-state index in [0.29, 0.717) is 13.2 Å². The van der Waals surface area contributed by atoms with Crippen molar-refractivity contribution < 1.29 is 9.84 Å². The zero-order valence-electron chi connectivity index (χ0n) is 9.60. The fraction of sp³-hybridized carbons (Fsp3) is 0.308. The summed E-state index contributed by atoms with van der Waals surface area (Å²) < 4.78 is 6.27. The van der Waals surface area contributed by atoms with E-state index in [1.165, 1.54) is 0 Å². The zero-order chi connectivity index (χ0) is 12.6. The lowest BCUT2D eigenvalue weighted by Gasteiger charge is -2.37. The van der Waals surface area contributed by atoms with Crippen LogP contribution in [0.3, 0.4) is 0 Å². The van der Waals surface area contributed by atoms with Crippen LogP contribution in [0.2, 0.25) is 0 Å². The number of hydrogen-bond donors (Lipinski definition) is 1. The smallest absolute Gasteiger partial charge is 0.106 e. The number of aliphatic hydroxyl groups is 1. The Hall–Kier alpha value is -0.750. The van der Waals surface area contributed by atoms with Crippen LogP contribution in [0.5, 0.6) is 0 Å². The third kappa shape index (κ3) is 2.01. The lowest BCUT2D eigenvalue weighted by Crippen LogP contribution is -2.49. The van der Waals surface area contributed by atoms with E-state index in [4.69, 9.17) is 4.74 Å². The van der Waals surface area contributed by atoms with Gasteiger partial charge in [-0.05, 0) is 12.1 Å². The molecule has 1 aliphatic rings.